The third-order valence-electron chi connectivity index (χ3n) is 5.25. The standard InChI is InChI=1S/C26H16BrN3O5S/c27-19-8-9-22(35-14-17-5-2-1-4-16(17)13-28)18(10-19)12-21-23(31)29-26(36)30(24(21)32)20-7-3-6-15(11-20)25(33)34/h1-12H,14H2,(H,33,34)(H,29,31,36). The maximum Gasteiger partial charge on any atom is 0.335 e. The van der Waals surface area contributed by atoms with E-state index in [1.807, 2.05) is 0 Å². The molecule has 0 bridgehead atoms. The molecular weight excluding hydrogens is 546 g/mol. The van der Waals surface area contributed by atoms with Crippen molar-refractivity contribution >= 4 is 62.8 Å². The fourth-order valence-electron chi connectivity index (χ4n) is 3.50. The Morgan fingerprint density at radius 2 is 1.92 bits per heavy atom. The topological polar surface area (TPSA) is 120 Å². The maximum atomic E-state index is 13.4. The van der Waals surface area contributed by atoms with Gasteiger partial charge >= 0.3 is 5.97 Å². The van der Waals surface area contributed by atoms with Gasteiger partial charge in [-0.1, -0.05) is 40.2 Å². The molecule has 0 aliphatic carbocycles. The number of rotatable bonds is 6. The Kier molecular flexibility index (Phi) is 7.24. The summed E-state index contributed by atoms with van der Waals surface area (Å²) in [6.45, 7) is 0.0971. The van der Waals surface area contributed by atoms with E-state index < -0.39 is 17.8 Å². The molecule has 36 heavy (non-hydrogen) atoms. The minimum absolute atomic E-state index is 0.0362. The number of aromatic carboxylic acids is 1. The Morgan fingerprint density at radius 1 is 1.14 bits per heavy atom. The van der Waals surface area contributed by atoms with Crippen molar-refractivity contribution in [2.24, 2.45) is 0 Å². The molecule has 3 aromatic rings. The van der Waals surface area contributed by atoms with E-state index in [-0.39, 0.29) is 28.5 Å². The van der Waals surface area contributed by atoms with Gasteiger partial charge in [0, 0.05) is 15.6 Å². The lowest BCUT2D eigenvalue weighted by Gasteiger charge is -2.29. The van der Waals surface area contributed by atoms with Gasteiger partial charge in [0.25, 0.3) is 11.8 Å². The van der Waals surface area contributed by atoms with Crippen LogP contribution in [-0.4, -0.2) is 28.0 Å². The van der Waals surface area contributed by atoms with E-state index in [4.69, 9.17) is 17.0 Å². The highest BCUT2D eigenvalue weighted by Crippen LogP contribution is 2.29. The summed E-state index contributed by atoms with van der Waals surface area (Å²) in [4.78, 5) is 38.5. The molecule has 1 aliphatic heterocycles. The number of ether oxygens (including phenoxy) is 1. The molecule has 2 amide bonds. The van der Waals surface area contributed by atoms with Crippen LogP contribution >= 0.6 is 28.1 Å². The minimum Gasteiger partial charge on any atom is -0.488 e. The number of carboxylic acid groups (broad SMARTS) is 1. The molecule has 0 atom stereocenters. The zero-order valence-electron chi connectivity index (χ0n) is 18.4. The molecule has 0 aromatic heterocycles. The van der Waals surface area contributed by atoms with Gasteiger partial charge in [0.2, 0.25) is 0 Å². The summed E-state index contributed by atoms with van der Waals surface area (Å²) in [6, 6.07) is 19.9. The van der Waals surface area contributed by atoms with Gasteiger partial charge in [0.15, 0.2) is 5.11 Å². The second-order valence-electron chi connectivity index (χ2n) is 7.55. The number of carboxylic acids is 1. The van der Waals surface area contributed by atoms with Gasteiger partial charge in [0.05, 0.1) is 22.9 Å². The Bertz CT molecular complexity index is 1490. The van der Waals surface area contributed by atoms with Crippen molar-refractivity contribution in [2.45, 2.75) is 6.61 Å². The largest absolute Gasteiger partial charge is 0.488 e. The summed E-state index contributed by atoms with van der Waals surface area (Å²) in [5, 5.41) is 20.9. The average Bonchev–Trinajstić information content (AvgIpc) is 2.86. The molecule has 1 aliphatic rings. The number of thiocarbonyl (C=S) groups is 1. The normalized spacial score (nSPS) is 14.4. The molecule has 8 nitrogen and oxygen atoms in total. The summed E-state index contributed by atoms with van der Waals surface area (Å²) >= 11 is 8.59. The minimum atomic E-state index is -1.17. The molecule has 0 radical (unpaired) electrons. The van der Waals surface area contributed by atoms with E-state index in [0.717, 1.165) is 4.90 Å². The third kappa shape index (κ3) is 5.17. The number of amides is 2. The summed E-state index contributed by atoms with van der Waals surface area (Å²) in [6.07, 6.45) is 1.38. The van der Waals surface area contributed by atoms with E-state index in [1.165, 1.54) is 30.3 Å². The predicted molar refractivity (Wildman–Crippen MR) is 139 cm³/mol. The number of nitrogens with zero attached hydrogens (tertiary/aromatic N) is 2. The number of hydrogen-bond acceptors (Lipinski definition) is 6. The van der Waals surface area contributed by atoms with Crippen molar-refractivity contribution < 1.29 is 24.2 Å². The van der Waals surface area contributed by atoms with Crippen LogP contribution in [0.1, 0.15) is 27.0 Å². The Morgan fingerprint density at radius 3 is 2.67 bits per heavy atom. The van der Waals surface area contributed by atoms with Gasteiger partial charge < -0.3 is 9.84 Å². The number of anilines is 1. The average molecular weight is 562 g/mol. The lowest BCUT2D eigenvalue weighted by molar-refractivity contribution is -0.122. The molecule has 0 saturated carbocycles. The van der Waals surface area contributed by atoms with Crippen LogP contribution in [0.5, 0.6) is 5.75 Å². The van der Waals surface area contributed by atoms with Crippen LogP contribution in [0.4, 0.5) is 5.69 Å². The number of nitriles is 1. The smallest absolute Gasteiger partial charge is 0.335 e. The van der Waals surface area contributed by atoms with E-state index in [0.29, 0.717) is 26.9 Å². The van der Waals surface area contributed by atoms with Gasteiger partial charge in [0.1, 0.15) is 17.9 Å². The van der Waals surface area contributed by atoms with Gasteiger partial charge in [-0.05, 0) is 60.8 Å². The van der Waals surface area contributed by atoms with Crippen LogP contribution in [0, 0.1) is 11.3 Å². The number of halogens is 1. The zero-order chi connectivity index (χ0) is 25.8. The predicted octanol–water partition coefficient (Wildman–Crippen LogP) is 4.43. The highest BCUT2D eigenvalue weighted by atomic mass is 79.9. The Labute approximate surface area is 219 Å². The molecule has 178 valence electrons. The Hall–Kier alpha value is -4.33. The highest BCUT2D eigenvalue weighted by Gasteiger charge is 2.35. The first-order valence-corrected chi connectivity index (χ1v) is 11.6. The SMILES string of the molecule is N#Cc1ccccc1COc1ccc(Br)cc1C=C1C(=O)NC(=S)N(c2cccc(C(=O)O)c2)C1=O. The number of carbonyl (C=O) groups is 3. The number of carbonyl (C=O) groups excluding carboxylic acids is 2. The van der Waals surface area contributed by atoms with E-state index in [1.54, 1.807) is 42.5 Å². The molecular formula is C26H16BrN3O5S. The van der Waals surface area contributed by atoms with E-state index in [2.05, 4.69) is 27.3 Å². The van der Waals surface area contributed by atoms with E-state index in [9.17, 15) is 24.8 Å². The molecule has 1 fully saturated rings. The summed E-state index contributed by atoms with van der Waals surface area (Å²) < 4.78 is 6.63. The monoisotopic (exact) mass is 561 g/mol. The van der Waals surface area contributed by atoms with Crippen LogP contribution in [0.3, 0.4) is 0 Å². The van der Waals surface area contributed by atoms with Crippen molar-refractivity contribution in [3.63, 3.8) is 0 Å². The molecule has 0 spiro atoms. The zero-order valence-corrected chi connectivity index (χ0v) is 20.8. The fraction of sp³-hybridized carbons (Fsp3) is 0.0385. The third-order valence-corrected chi connectivity index (χ3v) is 6.02. The first-order chi connectivity index (χ1) is 17.3. The second-order valence-corrected chi connectivity index (χ2v) is 8.86. The van der Waals surface area contributed by atoms with Crippen LogP contribution in [-0.2, 0) is 16.2 Å². The highest BCUT2D eigenvalue weighted by molar-refractivity contribution is 9.10. The molecule has 1 heterocycles. The molecule has 4 rings (SSSR count). The fourth-order valence-corrected chi connectivity index (χ4v) is 4.16. The van der Waals surface area contributed by atoms with E-state index >= 15 is 0 Å². The second kappa shape index (κ2) is 10.5. The van der Waals surface area contributed by atoms with Crippen LogP contribution in [0.2, 0.25) is 0 Å². The molecule has 3 aromatic carbocycles. The van der Waals surface area contributed by atoms with Crippen molar-refractivity contribution in [3.8, 4) is 11.8 Å². The quantitative estimate of drug-likeness (QED) is 0.259. The van der Waals surface area contributed by atoms with Crippen molar-refractivity contribution in [1.29, 1.82) is 5.26 Å². The molecule has 0 unspecified atom stereocenters. The number of nitrogens with one attached hydrogen (secondary N) is 1. The summed E-state index contributed by atoms with van der Waals surface area (Å²) in [5.74, 6) is -2.20. The summed E-state index contributed by atoms with van der Waals surface area (Å²) in [5.41, 5.74) is 1.54. The lowest BCUT2D eigenvalue weighted by Crippen LogP contribution is -2.54. The first kappa shape index (κ1) is 24.8. The molecule has 2 N–H and O–H groups in total. The van der Waals surface area contributed by atoms with Gasteiger partial charge in [-0.25, -0.2) is 4.79 Å². The van der Waals surface area contributed by atoms with Crippen molar-refractivity contribution in [1.82, 2.24) is 5.32 Å². The maximum absolute atomic E-state index is 13.4. The molecule has 1 saturated heterocycles. The first-order valence-electron chi connectivity index (χ1n) is 10.4. The molecule has 10 heteroatoms. The van der Waals surface area contributed by atoms with Crippen LogP contribution in [0.15, 0.2) is 76.8 Å². The summed E-state index contributed by atoms with van der Waals surface area (Å²) in [7, 11) is 0. The van der Waals surface area contributed by atoms with Gasteiger partial charge in [-0.3, -0.25) is 19.8 Å². The van der Waals surface area contributed by atoms with Crippen LogP contribution < -0.4 is 15.0 Å². The van der Waals surface area contributed by atoms with Crippen molar-refractivity contribution in [3.05, 3.63) is 99.0 Å². The lowest BCUT2D eigenvalue weighted by atomic mass is 10.1. The van der Waals surface area contributed by atoms with Crippen molar-refractivity contribution in [2.75, 3.05) is 4.90 Å². The van der Waals surface area contributed by atoms with Crippen LogP contribution in [0.25, 0.3) is 6.08 Å². The van der Waals surface area contributed by atoms with Gasteiger partial charge in [-0.2, -0.15) is 5.26 Å². The Balaban J connectivity index is 1.69. The van der Waals surface area contributed by atoms with Gasteiger partial charge in [-0.15, -0.1) is 0 Å². The number of benzene rings is 3. The number of hydrogen-bond donors (Lipinski definition) is 2.